The normalized spacial score (nSPS) is 14.2. The van der Waals surface area contributed by atoms with Gasteiger partial charge in [0.25, 0.3) is 5.69 Å². The Kier molecular flexibility index (Phi) is 5.74. The molecule has 0 radical (unpaired) electrons. The summed E-state index contributed by atoms with van der Waals surface area (Å²) in [5.41, 5.74) is 0.839. The van der Waals surface area contributed by atoms with Crippen LogP contribution in [-0.2, 0) is 0 Å². The van der Waals surface area contributed by atoms with Crippen LogP contribution in [0.5, 0.6) is 0 Å². The van der Waals surface area contributed by atoms with Crippen molar-refractivity contribution in [2.24, 2.45) is 5.92 Å². The molecule has 1 aromatic rings. The van der Waals surface area contributed by atoms with Gasteiger partial charge in [-0.05, 0) is 25.8 Å². The second-order valence-electron chi connectivity index (χ2n) is 4.56. The highest BCUT2D eigenvalue weighted by Gasteiger charge is 2.17. The van der Waals surface area contributed by atoms with Gasteiger partial charge in [-0.25, -0.2) is 0 Å². The smallest absolute Gasteiger partial charge is 0.274 e. The van der Waals surface area contributed by atoms with Crippen molar-refractivity contribution in [1.29, 1.82) is 0 Å². The lowest BCUT2D eigenvalue weighted by atomic mass is 10.0. The van der Waals surface area contributed by atoms with Gasteiger partial charge in [0.15, 0.2) is 0 Å². The molecule has 1 rings (SSSR count). The Balaban J connectivity index is 2.66. The van der Waals surface area contributed by atoms with Gasteiger partial charge in [0, 0.05) is 24.3 Å². The maximum Gasteiger partial charge on any atom is 0.274 e. The van der Waals surface area contributed by atoms with Crippen LogP contribution in [0.15, 0.2) is 24.3 Å². The van der Waals surface area contributed by atoms with Crippen molar-refractivity contribution in [3.63, 3.8) is 0 Å². The average molecular weight is 252 g/mol. The van der Waals surface area contributed by atoms with Crippen LogP contribution in [0.2, 0.25) is 0 Å². The lowest BCUT2D eigenvalue weighted by molar-refractivity contribution is -0.385. The number of nitrogens with zero attached hydrogens (tertiary/aromatic N) is 1. The number of nitrogens with one attached hydrogen (secondary N) is 1. The summed E-state index contributed by atoms with van der Waals surface area (Å²) in [7, 11) is 0. The summed E-state index contributed by atoms with van der Waals surface area (Å²) in [6, 6.07) is 6.69. The molecule has 0 aromatic heterocycles. The Labute approximate surface area is 107 Å². The van der Waals surface area contributed by atoms with Gasteiger partial charge in [-0.15, -0.1) is 0 Å². The first kappa shape index (κ1) is 14.6. The highest BCUT2D eigenvalue weighted by Crippen LogP contribution is 2.24. The van der Waals surface area contributed by atoms with E-state index in [0.29, 0.717) is 11.5 Å². The molecular weight excluding hydrogens is 232 g/mol. The standard InChI is InChI=1S/C13H20N2O3/c1-10(7-8-16)9-14-11(2)12-5-3-4-6-13(12)15(17)18/h3-6,10-11,14,16H,7-9H2,1-2H3. The summed E-state index contributed by atoms with van der Waals surface area (Å²) in [6.07, 6.45) is 0.733. The zero-order chi connectivity index (χ0) is 13.5. The minimum absolute atomic E-state index is 0.0762. The first-order valence-electron chi connectivity index (χ1n) is 6.13. The third-order valence-electron chi connectivity index (χ3n) is 2.99. The molecule has 0 aliphatic rings. The third-order valence-corrected chi connectivity index (χ3v) is 2.99. The summed E-state index contributed by atoms with van der Waals surface area (Å²) in [4.78, 5) is 10.6. The van der Waals surface area contributed by atoms with Gasteiger partial charge in [0.1, 0.15) is 0 Å². The molecule has 5 heteroatoms. The molecule has 0 heterocycles. The van der Waals surface area contributed by atoms with E-state index in [9.17, 15) is 10.1 Å². The SMILES string of the molecule is CC(CCO)CNC(C)c1ccccc1[N+](=O)[O-]. The number of hydrogen-bond acceptors (Lipinski definition) is 4. The molecule has 0 amide bonds. The highest BCUT2D eigenvalue weighted by molar-refractivity contribution is 5.41. The van der Waals surface area contributed by atoms with Crippen LogP contribution in [0.25, 0.3) is 0 Å². The lowest BCUT2D eigenvalue weighted by Gasteiger charge is -2.17. The predicted molar refractivity (Wildman–Crippen MR) is 70.4 cm³/mol. The fourth-order valence-corrected chi connectivity index (χ4v) is 1.83. The van der Waals surface area contributed by atoms with Gasteiger partial charge >= 0.3 is 0 Å². The number of para-hydroxylation sites is 1. The van der Waals surface area contributed by atoms with E-state index in [0.717, 1.165) is 13.0 Å². The van der Waals surface area contributed by atoms with Gasteiger partial charge < -0.3 is 10.4 Å². The molecule has 100 valence electrons. The molecule has 2 N–H and O–H groups in total. The van der Waals surface area contributed by atoms with Crippen molar-refractivity contribution in [3.05, 3.63) is 39.9 Å². The van der Waals surface area contributed by atoms with E-state index in [2.05, 4.69) is 5.32 Å². The Morgan fingerprint density at radius 3 is 2.67 bits per heavy atom. The number of aliphatic hydroxyl groups excluding tert-OH is 1. The molecule has 5 nitrogen and oxygen atoms in total. The second kappa shape index (κ2) is 7.08. The van der Waals surface area contributed by atoms with Crippen LogP contribution >= 0.6 is 0 Å². The molecule has 2 atom stereocenters. The molecule has 0 spiro atoms. The maximum atomic E-state index is 10.9. The van der Waals surface area contributed by atoms with Gasteiger partial charge in [-0.1, -0.05) is 25.1 Å². The first-order valence-corrected chi connectivity index (χ1v) is 6.13. The van der Waals surface area contributed by atoms with Crippen LogP contribution in [-0.4, -0.2) is 23.2 Å². The topological polar surface area (TPSA) is 75.4 Å². The monoisotopic (exact) mass is 252 g/mol. The fraction of sp³-hybridized carbons (Fsp3) is 0.538. The molecule has 0 saturated carbocycles. The number of rotatable bonds is 7. The molecule has 18 heavy (non-hydrogen) atoms. The molecule has 0 aliphatic carbocycles. The van der Waals surface area contributed by atoms with E-state index in [1.54, 1.807) is 18.2 Å². The number of benzene rings is 1. The average Bonchev–Trinajstić information content (AvgIpc) is 2.36. The van der Waals surface area contributed by atoms with Crippen LogP contribution < -0.4 is 5.32 Å². The number of nitro groups is 1. The van der Waals surface area contributed by atoms with Crippen molar-refractivity contribution in [1.82, 2.24) is 5.32 Å². The zero-order valence-electron chi connectivity index (χ0n) is 10.8. The van der Waals surface area contributed by atoms with Gasteiger partial charge in [-0.3, -0.25) is 10.1 Å². The van der Waals surface area contributed by atoms with Crippen molar-refractivity contribution in [2.45, 2.75) is 26.3 Å². The van der Waals surface area contributed by atoms with Crippen molar-refractivity contribution in [3.8, 4) is 0 Å². The van der Waals surface area contributed by atoms with Crippen molar-refractivity contribution >= 4 is 5.69 Å². The quantitative estimate of drug-likeness (QED) is 0.576. The van der Waals surface area contributed by atoms with Crippen LogP contribution in [0.1, 0.15) is 31.9 Å². The maximum absolute atomic E-state index is 10.9. The van der Waals surface area contributed by atoms with Crippen molar-refractivity contribution < 1.29 is 10.0 Å². The zero-order valence-corrected chi connectivity index (χ0v) is 10.8. The molecule has 1 aromatic carbocycles. The summed E-state index contributed by atoms with van der Waals surface area (Å²) in [6.45, 7) is 4.85. The van der Waals surface area contributed by atoms with E-state index in [-0.39, 0.29) is 23.3 Å². The Hall–Kier alpha value is -1.46. The van der Waals surface area contributed by atoms with Crippen LogP contribution in [0.4, 0.5) is 5.69 Å². The highest BCUT2D eigenvalue weighted by atomic mass is 16.6. The van der Waals surface area contributed by atoms with Crippen LogP contribution in [0.3, 0.4) is 0 Å². The summed E-state index contributed by atoms with van der Waals surface area (Å²) in [5, 5.41) is 23.0. The third kappa shape index (κ3) is 4.09. The van der Waals surface area contributed by atoms with Crippen LogP contribution in [0, 0.1) is 16.0 Å². The van der Waals surface area contributed by atoms with E-state index in [1.165, 1.54) is 6.07 Å². The largest absolute Gasteiger partial charge is 0.396 e. The first-order chi connectivity index (χ1) is 8.56. The molecule has 0 aliphatic heterocycles. The molecule has 2 unspecified atom stereocenters. The number of aliphatic hydroxyl groups is 1. The summed E-state index contributed by atoms with van der Waals surface area (Å²) >= 11 is 0. The van der Waals surface area contributed by atoms with Crippen molar-refractivity contribution in [2.75, 3.05) is 13.2 Å². The van der Waals surface area contributed by atoms with Gasteiger partial charge in [0.2, 0.25) is 0 Å². The lowest BCUT2D eigenvalue weighted by Crippen LogP contribution is -2.25. The Morgan fingerprint density at radius 2 is 2.06 bits per heavy atom. The van der Waals surface area contributed by atoms with Gasteiger partial charge in [-0.2, -0.15) is 0 Å². The minimum Gasteiger partial charge on any atom is -0.396 e. The van der Waals surface area contributed by atoms with Gasteiger partial charge in [0.05, 0.1) is 4.92 Å². The van der Waals surface area contributed by atoms with E-state index in [4.69, 9.17) is 5.11 Å². The Morgan fingerprint density at radius 1 is 1.39 bits per heavy atom. The second-order valence-corrected chi connectivity index (χ2v) is 4.56. The molecule has 0 fully saturated rings. The molecule has 0 saturated heterocycles. The Bertz CT molecular complexity index is 396. The van der Waals surface area contributed by atoms with E-state index < -0.39 is 0 Å². The summed E-state index contributed by atoms with van der Waals surface area (Å²) in [5.74, 6) is 0.347. The minimum atomic E-state index is -0.356. The van der Waals surface area contributed by atoms with E-state index in [1.807, 2.05) is 13.8 Å². The molecular formula is C13H20N2O3. The number of nitro benzene ring substituents is 1. The summed E-state index contributed by atoms with van der Waals surface area (Å²) < 4.78 is 0. The van der Waals surface area contributed by atoms with E-state index >= 15 is 0 Å². The molecule has 0 bridgehead atoms. The fourth-order valence-electron chi connectivity index (χ4n) is 1.83. The number of hydrogen-bond donors (Lipinski definition) is 2. The predicted octanol–water partition coefficient (Wildman–Crippen LogP) is 2.26.